The smallest absolute Gasteiger partial charge is 0.279 e. The Balaban J connectivity index is 0.000000158. The fourth-order valence-electron chi connectivity index (χ4n) is 16.1. The molecule has 41 nitrogen and oxygen atoms in total. The molecule has 0 aliphatic carbocycles. The molecule has 24 atom stereocenters. The van der Waals surface area contributed by atoms with Crippen LogP contribution in [0.25, 0.3) is 11.2 Å². The molecule has 0 bridgehead atoms. The van der Waals surface area contributed by atoms with Gasteiger partial charge in [0.1, 0.15) is 130 Å². The number of rotatable bonds is 30. The first-order chi connectivity index (χ1) is 61.4. The van der Waals surface area contributed by atoms with Gasteiger partial charge >= 0.3 is 0 Å². The molecule has 9 aliphatic heterocycles. The Morgan fingerprint density at radius 1 is 0.435 bits per heavy atom. The Kier molecular flexibility index (Phi) is 35.4. The summed E-state index contributed by atoms with van der Waals surface area (Å²) < 4.78 is 61.1. The predicted molar refractivity (Wildman–Crippen MR) is 527 cm³/mol. The second-order valence-electron chi connectivity index (χ2n) is 38.0. The van der Waals surface area contributed by atoms with Crippen molar-refractivity contribution in [3.63, 3.8) is 0 Å². The number of aromatic amines is 1. The Hall–Kier alpha value is -6.26. The van der Waals surface area contributed by atoms with Crippen molar-refractivity contribution in [2.24, 2.45) is 31.4 Å². The molecule has 9 aliphatic rings. The number of nitrogens with two attached hydrogens (primary N) is 2. The van der Waals surface area contributed by atoms with Crippen molar-refractivity contribution in [1.82, 2.24) is 57.7 Å². The van der Waals surface area contributed by atoms with Gasteiger partial charge in [-0.15, -0.1) is 77.5 Å². The monoisotopic (exact) mass is 1950 g/mol. The van der Waals surface area contributed by atoms with Crippen LogP contribution in [0.15, 0.2) is 50.1 Å². The van der Waals surface area contributed by atoms with Gasteiger partial charge in [-0.1, -0.05) is 20.3 Å². The molecular weight excluding hydrogens is 1810 g/mol. The zero-order valence-corrected chi connectivity index (χ0v) is 83.8. The molecule has 18 N–H and O–H groups in total. The zero-order valence-electron chi connectivity index (χ0n) is 78.6. The van der Waals surface area contributed by atoms with Crippen LogP contribution in [0.3, 0.4) is 0 Å². The largest absolute Gasteiger partial charge is 0.389 e. The highest BCUT2D eigenvalue weighted by Crippen LogP contribution is 2.49. The minimum absolute atomic E-state index is 0.196. The molecule has 131 heavy (non-hydrogen) atoms. The van der Waals surface area contributed by atoms with Crippen molar-refractivity contribution in [3.05, 3.63) is 70.1 Å². The zero-order chi connectivity index (χ0) is 96.2. The molecule has 6 aromatic rings. The number of aliphatic imine (C=N–C) groups is 4. The summed E-state index contributed by atoms with van der Waals surface area (Å²) in [6.45, 7) is 30.0. The van der Waals surface area contributed by atoms with Gasteiger partial charge in [-0.05, 0) is 177 Å². The lowest BCUT2D eigenvalue weighted by Gasteiger charge is -2.24. The Labute approximate surface area is 771 Å². The highest BCUT2D eigenvalue weighted by atomic mass is 35.5. The Morgan fingerprint density at radius 2 is 0.763 bits per heavy atom. The molecular formula is C84H142ClN22O19P5. The minimum atomic E-state index is -1.26. The van der Waals surface area contributed by atoms with E-state index in [0.29, 0.717) is 109 Å². The van der Waals surface area contributed by atoms with Crippen LogP contribution in [-0.4, -0.2) is 374 Å². The van der Waals surface area contributed by atoms with Crippen LogP contribution in [0.2, 0.25) is 0 Å². The van der Waals surface area contributed by atoms with E-state index >= 15 is 0 Å². The number of unbranched alkanes of at least 4 members (excludes halogenated alkanes) is 1. The summed E-state index contributed by atoms with van der Waals surface area (Å²) in [6.07, 6.45) is 21.2. The molecule has 0 spiro atoms. The van der Waals surface area contributed by atoms with Crippen LogP contribution in [0.1, 0.15) is 176 Å². The van der Waals surface area contributed by atoms with E-state index < -0.39 is 175 Å². The molecule has 0 saturated carbocycles. The molecule has 47 heteroatoms. The second kappa shape index (κ2) is 44.0. The number of aryl methyl sites for hydroxylation is 2. The van der Waals surface area contributed by atoms with Crippen molar-refractivity contribution in [2.75, 3.05) is 146 Å². The maximum absolute atomic E-state index is 12.1. The van der Waals surface area contributed by atoms with Gasteiger partial charge in [0.05, 0.1) is 55.8 Å². The maximum atomic E-state index is 12.1. The first kappa shape index (κ1) is 105. The topological polar surface area (TPSA) is 550 Å². The maximum Gasteiger partial charge on any atom is 0.279 e. The number of nitrogens with one attached hydrogen (secondary N) is 5. The lowest BCUT2D eigenvalue weighted by Crippen LogP contribution is -2.33. The summed E-state index contributed by atoms with van der Waals surface area (Å²) in [7, 11) is 1.57. The van der Waals surface area contributed by atoms with Crippen LogP contribution < -0.4 is 38.3 Å². The number of H-pyrrole nitrogens is 1. The third kappa shape index (κ3) is 26.0. The number of hydrogen-bond donors (Lipinski definition) is 16. The number of fused-ring (bicyclic) bond motifs is 5. The van der Waals surface area contributed by atoms with Gasteiger partial charge in [-0.25, -0.2) is 49.9 Å². The molecule has 6 aromatic heterocycles. The van der Waals surface area contributed by atoms with Gasteiger partial charge in [0.15, 0.2) is 79.1 Å². The molecule has 5 saturated heterocycles. The first-order valence-electron chi connectivity index (χ1n) is 44.3. The molecule has 5 fully saturated rings. The van der Waals surface area contributed by atoms with E-state index in [1.165, 1.54) is 0 Å². The number of aliphatic hydroxyl groups excluding tert-OH is 9. The van der Waals surface area contributed by atoms with Crippen molar-refractivity contribution in [2.45, 2.75) is 247 Å². The van der Waals surface area contributed by atoms with Crippen LogP contribution in [0.5, 0.6) is 0 Å². The van der Waals surface area contributed by atoms with E-state index in [2.05, 4.69) is 181 Å². The number of guanidine groups is 2. The second-order valence-corrected chi connectivity index (χ2v) is 60.1. The number of halogens is 1. The fraction of sp³-hybridized carbons (Fsp3) is 0.690. The third-order valence-electron chi connectivity index (χ3n) is 23.2. The normalized spacial score (nSPS) is 30.4. The van der Waals surface area contributed by atoms with E-state index in [9.17, 15) is 50.8 Å². The van der Waals surface area contributed by atoms with Gasteiger partial charge in [0, 0.05) is 26.9 Å². The number of hydrogen-bond acceptors (Lipinski definition) is 35. The summed E-state index contributed by atoms with van der Waals surface area (Å²) >= 11 is 6.52. The van der Waals surface area contributed by atoms with Crippen molar-refractivity contribution in [3.8, 4) is 0 Å². The lowest BCUT2D eigenvalue weighted by molar-refractivity contribution is -0.0364. The van der Waals surface area contributed by atoms with Gasteiger partial charge in [-0.2, -0.15) is 0 Å². The van der Waals surface area contributed by atoms with Crippen LogP contribution in [0, 0.1) is 13.8 Å². The Bertz CT molecular complexity index is 5340. The van der Waals surface area contributed by atoms with Gasteiger partial charge in [0.25, 0.3) is 5.56 Å². The lowest BCUT2D eigenvalue weighted by atomic mass is 10.1. The summed E-state index contributed by atoms with van der Waals surface area (Å²) in [5.41, 5.74) is 14.5. The van der Waals surface area contributed by atoms with Gasteiger partial charge < -0.3 is 126 Å². The first-order valence-corrected chi connectivity index (χ1v) is 60.0. The van der Waals surface area contributed by atoms with E-state index in [1.807, 2.05) is 32.3 Å². The number of anilines is 4. The van der Waals surface area contributed by atoms with E-state index in [4.69, 9.17) is 65.7 Å². The molecule has 0 radical (unpaired) electrons. The summed E-state index contributed by atoms with van der Waals surface area (Å²) in [5, 5.41) is 106. The van der Waals surface area contributed by atoms with Crippen LogP contribution in [0.4, 0.5) is 23.3 Å². The number of imidazole rings is 5. The summed E-state index contributed by atoms with van der Waals surface area (Å²) in [6, 6.07) is 0. The number of amidine groups is 2. The fourth-order valence-corrected chi connectivity index (χ4v) is 21.3. The average molecular weight is 1950 g/mol. The number of aromatic nitrogens is 12. The van der Waals surface area contributed by atoms with Crippen molar-refractivity contribution >= 4 is 136 Å². The highest BCUT2D eigenvalue weighted by molar-refractivity contribution is 7.73. The van der Waals surface area contributed by atoms with Crippen molar-refractivity contribution in [1.29, 1.82) is 0 Å². The molecule has 0 aromatic carbocycles. The van der Waals surface area contributed by atoms with Crippen LogP contribution >= 0.6 is 46.0 Å². The van der Waals surface area contributed by atoms with E-state index in [1.54, 1.807) is 64.5 Å². The summed E-state index contributed by atoms with van der Waals surface area (Å²) in [4.78, 5) is 58.1. The number of ether oxygens (including phenoxy) is 9. The quantitative estimate of drug-likeness (QED) is 0.0136. The SMILES string of the molecule is C=P(C)(C)CC[C@H]1O[C@@H](n2c(C)nc3c(=O)[nH]c(C)nc32)[C@H](O)[C@@H]1O.C=P(C)(C)CC[C@H]1O[C@@H](n2cnc3c2NC(C)=NC3OC)[C@H](O)[C@@H]1O.C=P(C)(C)CC[C@H]1O[C@@H](n2cnc3c2NC(C)=NC3OCC)[C@H](Cl)[C@@H]1O.C=P(C)(C)CC[C@H]1O[C@@H](n2cnc3c2NC(N)=NC3OCCC)[C@H](O)[C@@H]1O.C=P(C)(C)CC[C@H]1O[C@@H](n2cnc3c2NC(N)=NC3OCCCC)[C@H](O)[C@@H]1O. The molecule has 0 amide bonds. The number of nitrogens with zero attached hydrogens (tertiary/aromatic N) is 15. The van der Waals surface area contributed by atoms with Gasteiger partial charge in [0.2, 0.25) is 0 Å². The summed E-state index contributed by atoms with van der Waals surface area (Å²) in [5.74, 6) is 5.35. The van der Waals surface area contributed by atoms with Crippen molar-refractivity contribution < 1.29 is 88.6 Å². The van der Waals surface area contributed by atoms with Crippen LogP contribution in [-0.2, 0) is 42.6 Å². The number of alkyl halides is 1. The van der Waals surface area contributed by atoms with E-state index in [0.717, 1.165) is 68.1 Å². The number of aliphatic hydroxyl groups is 9. The highest BCUT2D eigenvalue weighted by Gasteiger charge is 2.51. The molecule has 15 heterocycles. The molecule has 734 valence electrons. The van der Waals surface area contributed by atoms with E-state index in [-0.39, 0.29) is 29.1 Å². The average Bonchev–Trinajstić information content (AvgIpc) is 1.62. The third-order valence-corrected chi connectivity index (χ3v) is 31.0. The predicted octanol–water partition coefficient (Wildman–Crippen LogP) is 6.20. The molecule has 15 rings (SSSR count). The molecule has 4 unspecified atom stereocenters. The minimum Gasteiger partial charge on any atom is -0.389 e. The standard InChI is InChI=1S/C18H32N5O4P.C17H28ClN4O3P.C17H30N5O4P.C16H27N4O4P.C16H25N4O4P/c1-5-6-8-26-16-12-15(21-18(19)22-16)23(10-20-12)17-14(25)13(24)11(27-17)7-9-28(2,3)4;1-6-24-16-13-15(20-10(2)21-16)22(9-19-13)17-12(18)14(23)11(25-17)7-8-26(3,4)5;1-5-7-25-15-11-14(20-17(18)21-15)22(9-19-11)16-13(24)12(23)10(26-16)6-8-27(2,3)4;1-9-18-14-11(15(19-9)23-2)17-8-20(14)16-13(22)12(21)10(24-16)6-7-25(3,4)5;1-8-17-14-11(15(23)18-8)19-9(2)20(14)16-13(22)12(21)10(24-16)6-7-25(3,4)5/h10-11,13-14,16-17,24-25H,2,5-9H2,1,3-4H3,(H3,19,21,22);9,11-12,14,16-17,23H,3,6-8H2,1-2,4-5H3,(H,20,21);9-10,12-13,15-16,23-24H,2,5-8H2,1,3-4H3,(H3,18,20,21);8,10,12-13,15-16,21-22H,3,6-7H2,1-2,4-5H3,(H,18,19);10,12-13,16,21-22H,3,6-7H2,1-2,4-5H3,(H,17,18,23)/t11-,13-,14-,16?,17-;11-,12-,14-,16?,17-;2*10-,12-,13-,15?,16-;10-,12-,13-,16-/m11111/s1. The van der Waals surface area contributed by atoms with Gasteiger partial charge in [-0.3, -0.25) is 27.6 Å². The Morgan fingerprint density at radius 3 is 1.13 bits per heavy atom. The number of methoxy groups -OCH3 is 1.